The van der Waals surface area contributed by atoms with E-state index >= 15 is 0 Å². The van der Waals surface area contributed by atoms with Crippen molar-refractivity contribution in [3.63, 3.8) is 0 Å². The Bertz CT molecular complexity index is 623. The van der Waals surface area contributed by atoms with Crippen molar-refractivity contribution in [2.75, 3.05) is 20.2 Å². The maximum Gasteiger partial charge on any atom is 0.339 e. The Hall–Kier alpha value is -1.44. The molecule has 1 aliphatic rings. The van der Waals surface area contributed by atoms with Crippen LogP contribution in [0.4, 0.5) is 0 Å². The fourth-order valence-electron chi connectivity index (χ4n) is 2.22. The van der Waals surface area contributed by atoms with E-state index in [4.69, 9.17) is 0 Å². The lowest BCUT2D eigenvalue weighted by molar-refractivity contribution is 0.0596. The van der Waals surface area contributed by atoms with Gasteiger partial charge >= 0.3 is 5.97 Å². The predicted molar refractivity (Wildman–Crippen MR) is 71.8 cm³/mol. The first-order chi connectivity index (χ1) is 9.28. The van der Waals surface area contributed by atoms with Gasteiger partial charge in [-0.25, -0.2) is 13.2 Å². The van der Waals surface area contributed by atoms with E-state index in [1.165, 1.54) is 23.5 Å². The lowest BCUT2D eigenvalue weighted by atomic mass is 10.1. The molecule has 20 heavy (non-hydrogen) atoms. The normalized spacial score (nSPS) is 23.8. The van der Waals surface area contributed by atoms with Crippen LogP contribution in [0.3, 0.4) is 0 Å². The Morgan fingerprint density at radius 2 is 2.05 bits per heavy atom. The van der Waals surface area contributed by atoms with Crippen molar-refractivity contribution in [3.05, 3.63) is 29.8 Å². The first kappa shape index (κ1) is 15.0. The number of methoxy groups -OCH3 is 1. The summed E-state index contributed by atoms with van der Waals surface area (Å²) in [6.45, 7) is 1.84. The quantitative estimate of drug-likeness (QED) is 0.827. The van der Waals surface area contributed by atoms with Crippen molar-refractivity contribution in [3.8, 4) is 0 Å². The second kappa shape index (κ2) is 5.16. The van der Waals surface area contributed by atoms with Crippen LogP contribution in [-0.4, -0.2) is 49.6 Å². The number of β-amino-alcohol motifs (C(OH)–C–C–N with tert-alkyl or cyclic N) is 1. The summed E-state index contributed by atoms with van der Waals surface area (Å²) >= 11 is 0. The van der Waals surface area contributed by atoms with E-state index in [0.29, 0.717) is 6.42 Å². The number of sulfonamides is 1. The zero-order valence-electron chi connectivity index (χ0n) is 11.4. The highest BCUT2D eigenvalue weighted by molar-refractivity contribution is 7.89. The topological polar surface area (TPSA) is 83.9 Å². The average Bonchev–Trinajstić information content (AvgIpc) is 2.79. The van der Waals surface area contributed by atoms with E-state index in [2.05, 4.69) is 4.74 Å². The third-order valence-corrected chi connectivity index (χ3v) is 5.23. The fourth-order valence-corrected chi connectivity index (χ4v) is 3.96. The Balaban J connectivity index is 2.43. The molecule has 6 nitrogen and oxygen atoms in total. The van der Waals surface area contributed by atoms with Crippen LogP contribution < -0.4 is 0 Å². The van der Waals surface area contributed by atoms with Gasteiger partial charge in [0.2, 0.25) is 10.0 Å². The standard InChI is InChI=1S/C13H17NO5S/c1-13(16)7-8-14(9-13)20(17,18)11-6-4-3-5-10(11)12(15)19-2/h3-6,16H,7-9H2,1-2H3. The number of carbonyl (C=O) groups excluding carboxylic acids is 1. The molecule has 1 aliphatic heterocycles. The number of nitrogens with zero attached hydrogens (tertiary/aromatic N) is 1. The van der Waals surface area contributed by atoms with Crippen molar-refractivity contribution >= 4 is 16.0 Å². The largest absolute Gasteiger partial charge is 0.465 e. The minimum atomic E-state index is -3.82. The van der Waals surface area contributed by atoms with Crippen molar-refractivity contribution < 1.29 is 23.1 Å². The minimum absolute atomic E-state index is 0.00143. The van der Waals surface area contributed by atoms with Gasteiger partial charge in [0.05, 0.1) is 23.2 Å². The summed E-state index contributed by atoms with van der Waals surface area (Å²) in [7, 11) is -2.62. The Kier molecular flexibility index (Phi) is 3.86. The molecule has 0 spiro atoms. The van der Waals surface area contributed by atoms with Crippen LogP contribution in [0.5, 0.6) is 0 Å². The molecule has 1 aromatic rings. The van der Waals surface area contributed by atoms with E-state index in [-0.39, 0.29) is 23.5 Å². The third kappa shape index (κ3) is 2.70. The molecule has 1 aromatic carbocycles. The maximum absolute atomic E-state index is 12.6. The molecule has 7 heteroatoms. The van der Waals surface area contributed by atoms with Crippen LogP contribution in [-0.2, 0) is 14.8 Å². The molecule has 0 aromatic heterocycles. The summed E-state index contributed by atoms with van der Waals surface area (Å²) in [5.41, 5.74) is -1.03. The third-order valence-electron chi connectivity index (χ3n) is 3.33. The molecule has 0 bridgehead atoms. The van der Waals surface area contributed by atoms with Gasteiger partial charge in [-0.15, -0.1) is 0 Å². The van der Waals surface area contributed by atoms with Gasteiger partial charge < -0.3 is 9.84 Å². The fraction of sp³-hybridized carbons (Fsp3) is 0.462. The highest BCUT2D eigenvalue weighted by Gasteiger charge is 2.39. The van der Waals surface area contributed by atoms with Gasteiger partial charge in [0.15, 0.2) is 0 Å². The summed E-state index contributed by atoms with van der Waals surface area (Å²) in [6, 6.07) is 5.90. The Labute approximate surface area is 118 Å². The van der Waals surface area contributed by atoms with E-state index in [0.717, 1.165) is 0 Å². The maximum atomic E-state index is 12.6. The summed E-state index contributed by atoms with van der Waals surface area (Å²) in [5, 5.41) is 9.90. The summed E-state index contributed by atoms with van der Waals surface area (Å²) in [6.07, 6.45) is 0.368. The van der Waals surface area contributed by atoms with Gasteiger partial charge in [-0.05, 0) is 25.5 Å². The van der Waals surface area contributed by atoms with E-state index in [1.807, 2.05) is 0 Å². The van der Waals surface area contributed by atoms with Gasteiger partial charge in [-0.1, -0.05) is 12.1 Å². The molecule has 1 atom stereocenters. The molecule has 1 saturated heterocycles. The molecule has 2 rings (SSSR count). The van der Waals surface area contributed by atoms with Crippen LogP contribution >= 0.6 is 0 Å². The summed E-state index contributed by atoms with van der Waals surface area (Å²) in [4.78, 5) is 11.6. The molecule has 0 amide bonds. The molecule has 0 radical (unpaired) electrons. The van der Waals surface area contributed by atoms with Gasteiger partial charge in [0, 0.05) is 13.1 Å². The van der Waals surface area contributed by atoms with Gasteiger partial charge in [-0.3, -0.25) is 0 Å². The van der Waals surface area contributed by atoms with Gasteiger partial charge in [0.25, 0.3) is 0 Å². The lowest BCUT2D eigenvalue weighted by Crippen LogP contribution is -2.34. The van der Waals surface area contributed by atoms with E-state index in [9.17, 15) is 18.3 Å². The molecule has 1 heterocycles. The van der Waals surface area contributed by atoms with Gasteiger partial charge in [-0.2, -0.15) is 4.31 Å². The summed E-state index contributed by atoms with van der Waals surface area (Å²) < 4.78 is 30.9. The Morgan fingerprint density at radius 3 is 2.60 bits per heavy atom. The molecule has 0 saturated carbocycles. The monoisotopic (exact) mass is 299 g/mol. The molecular weight excluding hydrogens is 282 g/mol. The van der Waals surface area contributed by atoms with Crippen molar-refractivity contribution in [2.24, 2.45) is 0 Å². The summed E-state index contributed by atoms with van der Waals surface area (Å²) in [5.74, 6) is -0.699. The molecular formula is C13H17NO5S. The lowest BCUT2D eigenvalue weighted by Gasteiger charge is -2.20. The second-order valence-electron chi connectivity index (χ2n) is 5.07. The van der Waals surface area contributed by atoms with Crippen molar-refractivity contribution in [1.82, 2.24) is 4.31 Å². The average molecular weight is 299 g/mol. The molecule has 1 fully saturated rings. The Morgan fingerprint density at radius 1 is 1.40 bits per heavy atom. The predicted octanol–water partition coefficient (Wildman–Crippen LogP) is 0.619. The van der Waals surface area contributed by atoms with E-state index in [1.54, 1.807) is 19.1 Å². The van der Waals surface area contributed by atoms with Crippen molar-refractivity contribution in [1.29, 1.82) is 0 Å². The highest BCUT2D eigenvalue weighted by Crippen LogP contribution is 2.28. The number of hydrogen-bond donors (Lipinski definition) is 1. The van der Waals surface area contributed by atoms with Crippen molar-refractivity contribution in [2.45, 2.75) is 23.8 Å². The first-order valence-electron chi connectivity index (χ1n) is 6.18. The number of rotatable bonds is 3. The smallest absolute Gasteiger partial charge is 0.339 e. The number of carbonyl (C=O) groups is 1. The van der Waals surface area contributed by atoms with Gasteiger partial charge in [0.1, 0.15) is 0 Å². The minimum Gasteiger partial charge on any atom is -0.465 e. The second-order valence-corrected chi connectivity index (χ2v) is 6.98. The van der Waals surface area contributed by atoms with Crippen LogP contribution in [0.2, 0.25) is 0 Å². The molecule has 110 valence electrons. The van der Waals surface area contributed by atoms with Crippen LogP contribution in [0.15, 0.2) is 29.2 Å². The first-order valence-corrected chi connectivity index (χ1v) is 7.62. The zero-order valence-corrected chi connectivity index (χ0v) is 12.2. The zero-order chi connectivity index (χ0) is 15.0. The number of aliphatic hydroxyl groups is 1. The highest BCUT2D eigenvalue weighted by atomic mass is 32.2. The number of esters is 1. The molecule has 1 unspecified atom stereocenters. The van der Waals surface area contributed by atoms with E-state index < -0.39 is 21.6 Å². The number of hydrogen-bond acceptors (Lipinski definition) is 5. The van der Waals surface area contributed by atoms with Crippen LogP contribution in [0.1, 0.15) is 23.7 Å². The van der Waals surface area contributed by atoms with Crippen LogP contribution in [0, 0.1) is 0 Å². The molecule has 0 aliphatic carbocycles. The molecule has 1 N–H and O–H groups in total. The number of benzene rings is 1. The number of ether oxygens (including phenoxy) is 1. The SMILES string of the molecule is COC(=O)c1ccccc1S(=O)(=O)N1CCC(C)(O)C1. The van der Waals surface area contributed by atoms with Crippen LogP contribution in [0.25, 0.3) is 0 Å².